The highest BCUT2D eigenvalue weighted by molar-refractivity contribution is 5.94. The first-order chi connectivity index (χ1) is 8.63. The van der Waals surface area contributed by atoms with Crippen LogP contribution in [0, 0.1) is 17.8 Å². The maximum Gasteiger partial charge on any atom is 0.339 e. The summed E-state index contributed by atoms with van der Waals surface area (Å²) < 4.78 is 5.19. The molecule has 2 saturated heterocycles. The smallest absolute Gasteiger partial charge is 0.339 e. The molecule has 0 bridgehead atoms. The summed E-state index contributed by atoms with van der Waals surface area (Å²) in [5.74, 6) is 1.90. The summed E-state index contributed by atoms with van der Waals surface area (Å²) in [7, 11) is 0. The van der Waals surface area contributed by atoms with Crippen molar-refractivity contribution >= 4 is 11.8 Å². The minimum absolute atomic E-state index is 0.167. The van der Waals surface area contributed by atoms with Gasteiger partial charge in [-0.3, -0.25) is 0 Å². The lowest BCUT2D eigenvalue weighted by molar-refractivity contribution is -0.127. The van der Waals surface area contributed by atoms with Gasteiger partial charge >= 0.3 is 5.97 Å². The van der Waals surface area contributed by atoms with Gasteiger partial charge in [0.15, 0.2) is 0 Å². The van der Waals surface area contributed by atoms with Crippen LogP contribution in [0.4, 0.5) is 5.82 Å². The van der Waals surface area contributed by atoms with Crippen molar-refractivity contribution in [3.8, 4) is 12.3 Å². The van der Waals surface area contributed by atoms with E-state index in [0.29, 0.717) is 11.4 Å². The van der Waals surface area contributed by atoms with E-state index in [1.807, 2.05) is 4.90 Å². The molecule has 18 heavy (non-hydrogen) atoms. The number of nitrogens with zero attached hydrogens (tertiary/aromatic N) is 2. The Bertz CT molecular complexity index is 550. The van der Waals surface area contributed by atoms with E-state index in [0.717, 1.165) is 26.3 Å². The first-order valence-corrected chi connectivity index (χ1v) is 5.66. The van der Waals surface area contributed by atoms with E-state index in [1.54, 1.807) is 0 Å². The molecule has 0 aromatic carbocycles. The maximum atomic E-state index is 11.2. The van der Waals surface area contributed by atoms with Crippen molar-refractivity contribution in [2.75, 3.05) is 31.2 Å². The number of carboxylic acid groups (broad SMARTS) is 1. The molecule has 3 heterocycles. The number of pyridine rings is 1. The zero-order valence-corrected chi connectivity index (χ0v) is 9.72. The first kappa shape index (κ1) is 11.1. The van der Waals surface area contributed by atoms with Gasteiger partial charge in [0.2, 0.25) is 0 Å². The van der Waals surface area contributed by atoms with Crippen LogP contribution in [0.1, 0.15) is 15.9 Å². The summed E-state index contributed by atoms with van der Waals surface area (Å²) >= 11 is 0. The molecule has 1 aromatic rings. The van der Waals surface area contributed by atoms with Crippen molar-refractivity contribution in [2.24, 2.45) is 5.41 Å². The number of aromatic nitrogens is 1. The molecule has 2 aliphatic rings. The molecular formula is C13H12N2O3. The summed E-state index contributed by atoms with van der Waals surface area (Å²) in [4.78, 5) is 17.4. The van der Waals surface area contributed by atoms with Crippen LogP contribution in [0.2, 0.25) is 0 Å². The number of carboxylic acids is 1. The zero-order valence-electron chi connectivity index (χ0n) is 9.72. The van der Waals surface area contributed by atoms with E-state index in [2.05, 4.69) is 10.9 Å². The van der Waals surface area contributed by atoms with Crippen LogP contribution in [0.15, 0.2) is 12.3 Å². The number of ether oxygens (including phenoxy) is 1. The van der Waals surface area contributed by atoms with Gasteiger partial charge in [-0.15, -0.1) is 6.42 Å². The van der Waals surface area contributed by atoms with Crippen molar-refractivity contribution in [3.05, 3.63) is 23.4 Å². The number of anilines is 1. The topological polar surface area (TPSA) is 62.7 Å². The van der Waals surface area contributed by atoms with Crippen LogP contribution in [0.5, 0.6) is 0 Å². The number of carbonyl (C=O) groups is 1. The molecule has 0 aliphatic carbocycles. The predicted molar refractivity (Wildman–Crippen MR) is 64.6 cm³/mol. The summed E-state index contributed by atoms with van der Waals surface area (Å²) in [5.41, 5.74) is 0.876. The Kier molecular flexibility index (Phi) is 2.28. The molecule has 2 fully saturated rings. The van der Waals surface area contributed by atoms with Gasteiger partial charge in [0, 0.05) is 24.8 Å². The second kappa shape index (κ2) is 3.72. The number of rotatable bonds is 2. The van der Waals surface area contributed by atoms with Gasteiger partial charge < -0.3 is 14.7 Å². The van der Waals surface area contributed by atoms with Gasteiger partial charge in [-0.1, -0.05) is 5.92 Å². The Morgan fingerprint density at radius 1 is 1.56 bits per heavy atom. The fourth-order valence-electron chi connectivity index (χ4n) is 2.43. The molecule has 3 rings (SSSR count). The highest BCUT2D eigenvalue weighted by atomic mass is 16.5. The Labute approximate surface area is 104 Å². The largest absolute Gasteiger partial charge is 0.478 e. The molecule has 1 spiro atoms. The molecule has 0 radical (unpaired) electrons. The van der Waals surface area contributed by atoms with Crippen LogP contribution >= 0.6 is 0 Å². The third kappa shape index (κ3) is 1.54. The molecule has 92 valence electrons. The zero-order chi connectivity index (χ0) is 12.8. The molecule has 0 saturated carbocycles. The molecule has 0 unspecified atom stereocenters. The van der Waals surface area contributed by atoms with Crippen molar-refractivity contribution in [3.63, 3.8) is 0 Å². The molecule has 5 heteroatoms. The SMILES string of the molecule is C#Cc1cnc(N2CC3(COC3)C2)c(C(=O)O)c1. The molecule has 2 aliphatic heterocycles. The van der Waals surface area contributed by atoms with Crippen molar-refractivity contribution in [2.45, 2.75) is 0 Å². The van der Waals surface area contributed by atoms with E-state index < -0.39 is 5.97 Å². The second-order valence-corrected chi connectivity index (χ2v) is 4.89. The standard InChI is InChI=1S/C13H12N2O3/c1-2-9-3-10(12(16)17)11(14-4-9)15-5-13(6-15)7-18-8-13/h1,3-4H,5-8H2,(H,16,17). The van der Waals surface area contributed by atoms with Crippen molar-refractivity contribution in [1.82, 2.24) is 4.98 Å². The predicted octanol–water partition coefficient (Wildman–Crippen LogP) is 0.598. The minimum Gasteiger partial charge on any atom is -0.478 e. The van der Waals surface area contributed by atoms with Gasteiger partial charge in [-0.25, -0.2) is 9.78 Å². The monoisotopic (exact) mass is 244 g/mol. The molecule has 0 atom stereocenters. The van der Waals surface area contributed by atoms with Gasteiger partial charge in [0.1, 0.15) is 11.4 Å². The lowest BCUT2D eigenvalue weighted by atomic mass is 9.78. The summed E-state index contributed by atoms with van der Waals surface area (Å²) in [6, 6.07) is 1.49. The average Bonchev–Trinajstić information content (AvgIpc) is 2.25. The van der Waals surface area contributed by atoms with Crippen LogP contribution < -0.4 is 4.90 Å². The minimum atomic E-state index is -1.000. The lowest BCUT2D eigenvalue weighted by Crippen LogP contribution is -2.66. The molecule has 5 nitrogen and oxygen atoms in total. The Morgan fingerprint density at radius 3 is 2.78 bits per heavy atom. The van der Waals surface area contributed by atoms with Crippen LogP contribution in [0.3, 0.4) is 0 Å². The number of hydrogen-bond acceptors (Lipinski definition) is 4. The van der Waals surface area contributed by atoms with Crippen LogP contribution in [-0.4, -0.2) is 42.4 Å². The molecule has 0 amide bonds. The highest BCUT2D eigenvalue weighted by Gasteiger charge is 2.50. The van der Waals surface area contributed by atoms with E-state index >= 15 is 0 Å². The van der Waals surface area contributed by atoms with Gasteiger partial charge in [0.05, 0.1) is 18.6 Å². The fourth-order valence-corrected chi connectivity index (χ4v) is 2.43. The highest BCUT2D eigenvalue weighted by Crippen LogP contribution is 2.40. The van der Waals surface area contributed by atoms with Gasteiger partial charge in [0.25, 0.3) is 0 Å². The second-order valence-electron chi connectivity index (χ2n) is 4.89. The van der Waals surface area contributed by atoms with E-state index in [4.69, 9.17) is 11.2 Å². The van der Waals surface area contributed by atoms with E-state index in [1.165, 1.54) is 12.3 Å². The van der Waals surface area contributed by atoms with Gasteiger partial charge in [-0.05, 0) is 6.07 Å². The Balaban J connectivity index is 1.88. The van der Waals surface area contributed by atoms with E-state index in [9.17, 15) is 9.90 Å². The molecule has 1 N–H and O–H groups in total. The summed E-state index contributed by atoms with van der Waals surface area (Å²) in [5, 5.41) is 9.20. The third-order valence-corrected chi connectivity index (χ3v) is 3.43. The average molecular weight is 244 g/mol. The van der Waals surface area contributed by atoms with E-state index in [-0.39, 0.29) is 11.0 Å². The molecular weight excluding hydrogens is 232 g/mol. The van der Waals surface area contributed by atoms with Crippen LogP contribution in [0.25, 0.3) is 0 Å². The lowest BCUT2D eigenvalue weighted by Gasteiger charge is -2.55. The Morgan fingerprint density at radius 2 is 2.28 bits per heavy atom. The first-order valence-electron chi connectivity index (χ1n) is 5.66. The van der Waals surface area contributed by atoms with Crippen molar-refractivity contribution < 1.29 is 14.6 Å². The van der Waals surface area contributed by atoms with Crippen LogP contribution in [-0.2, 0) is 4.74 Å². The maximum absolute atomic E-state index is 11.2. The normalized spacial score (nSPS) is 19.8. The summed E-state index contributed by atoms with van der Waals surface area (Å²) in [6.45, 7) is 3.12. The van der Waals surface area contributed by atoms with Gasteiger partial charge in [-0.2, -0.15) is 0 Å². The number of terminal acetylenes is 1. The number of aromatic carboxylic acids is 1. The molecule has 1 aromatic heterocycles. The fraction of sp³-hybridized carbons (Fsp3) is 0.385. The number of hydrogen-bond donors (Lipinski definition) is 1. The summed E-state index contributed by atoms with van der Waals surface area (Å²) in [6.07, 6.45) is 6.78. The third-order valence-electron chi connectivity index (χ3n) is 3.43. The Hall–Kier alpha value is -2.06. The van der Waals surface area contributed by atoms with Crippen molar-refractivity contribution in [1.29, 1.82) is 0 Å². The quantitative estimate of drug-likeness (QED) is 0.772.